The highest BCUT2D eigenvalue weighted by molar-refractivity contribution is 4.91. The molecule has 0 saturated heterocycles. The van der Waals surface area contributed by atoms with Crippen molar-refractivity contribution in [3.05, 3.63) is 0 Å². The van der Waals surface area contributed by atoms with Gasteiger partial charge in [0.05, 0.1) is 0 Å². The molecule has 2 nitrogen and oxygen atoms in total. The minimum Gasteiger partial charge on any atom is -0.328 e. The number of hydrogen-bond donors (Lipinski definition) is 2. The Labute approximate surface area is 74.9 Å². The predicted molar refractivity (Wildman–Crippen MR) is 50.9 cm³/mol. The molecule has 0 radical (unpaired) electrons. The molecule has 12 heavy (non-hydrogen) atoms. The first-order valence-corrected chi connectivity index (χ1v) is 5.27. The number of nitrogens with one attached hydrogen (secondary N) is 1. The standard InChI is InChI=1S/C10H20N2/c1-7(8-3-2-4-8)12-10-5-9(11)6-10/h7-10,12H,2-6,11H2,1H3. The van der Waals surface area contributed by atoms with Crippen LogP contribution in [0.4, 0.5) is 0 Å². The molecule has 0 heterocycles. The summed E-state index contributed by atoms with van der Waals surface area (Å²) in [7, 11) is 0. The monoisotopic (exact) mass is 168 g/mol. The maximum absolute atomic E-state index is 5.73. The number of hydrogen-bond acceptors (Lipinski definition) is 2. The third-order valence-electron chi connectivity index (χ3n) is 3.53. The first-order valence-electron chi connectivity index (χ1n) is 5.27. The van der Waals surface area contributed by atoms with Crippen molar-refractivity contribution in [3.8, 4) is 0 Å². The second kappa shape index (κ2) is 3.35. The highest BCUT2D eigenvalue weighted by atomic mass is 15.0. The van der Waals surface area contributed by atoms with Gasteiger partial charge >= 0.3 is 0 Å². The highest BCUT2D eigenvalue weighted by Gasteiger charge is 2.30. The lowest BCUT2D eigenvalue weighted by Gasteiger charge is -2.40. The van der Waals surface area contributed by atoms with Gasteiger partial charge in [-0.15, -0.1) is 0 Å². The number of nitrogens with two attached hydrogens (primary N) is 1. The molecule has 0 spiro atoms. The van der Waals surface area contributed by atoms with E-state index in [9.17, 15) is 0 Å². The third-order valence-corrected chi connectivity index (χ3v) is 3.53. The lowest BCUT2D eigenvalue weighted by Crippen LogP contribution is -2.53. The van der Waals surface area contributed by atoms with Crippen molar-refractivity contribution >= 4 is 0 Å². The third kappa shape index (κ3) is 1.64. The average molecular weight is 168 g/mol. The van der Waals surface area contributed by atoms with Crippen LogP contribution in [0.1, 0.15) is 39.0 Å². The summed E-state index contributed by atoms with van der Waals surface area (Å²) < 4.78 is 0. The van der Waals surface area contributed by atoms with Gasteiger partial charge in [0.1, 0.15) is 0 Å². The van der Waals surface area contributed by atoms with Gasteiger partial charge in [0.15, 0.2) is 0 Å². The summed E-state index contributed by atoms with van der Waals surface area (Å²) >= 11 is 0. The van der Waals surface area contributed by atoms with Gasteiger partial charge in [0, 0.05) is 18.1 Å². The van der Waals surface area contributed by atoms with Gasteiger partial charge < -0.3 is 11.1 Å². The Morgan fingerprint density at radius 2 is 2.00 bits per heavy atom. The molecule has 2 rings (SSSR count). The molecule has 0 aromatic carbocycles. The van der Waals surface area contributed by atoms with Crippen molar-refractivity contribution in [2.75, 3.05) is 0 Å². The summed E-state index contributed by atoms with van der Waals surface area (Å²) in [6, 6.07) is 1.95. The first-order chi connectivity index (χ1) is 5.75. The van der Waals surface area contributed by atoms with E-state index in [2.05, 4.69) is 12.2 Å². The van der Waals surface area contributed by atoms with Crippen LogP contribution in [0, 0.1) is 5.92 Å². The summed E-state index contributed by atoms with van der Waals surface area (Å²) in [6.45, 7) is 2.33. The molecule has 0 aromatic rings. The molecule has 0 aromatic heterocycles. The molecule has 1 unspecified atom stereocenters. The van der Waals surface area contributed by atoms with Gasteiger partial charge in [0.2, 0.25) is 0 Å². The predicted octanol–water partition coefficient (Wildman–Crippen LogP) is 1.25. The zero-order valence-corrected chi connectivity index (χ0v) is 7.92. The normalized spacial score (nSPS) is 38.5. The Morgan fingerprint density at radius 3 is 2.42 bits per heavy atom. The van der Waals surface area contributed by atoms with Crippen LogP contribution in [0.3, 0.4) is 0 Å². The molecule has 2 aliphatic carbocycles. The smallest absolute Gasteiger partial charge is 0.00991 e. The minimum absolute atomic E-state index is 0.482. The lowest BCUT2D eigenvalue weighted by molar-refractivity contribution is 0.189. The second-order valence-electron chi connectivity index (χ2n) is 4.57. The fraction of sp³-hybridized carbons (Fsp3) is 1.00. The Hall–Kier alpha value is -0.0800. The maximum atomic E-state index is 5.73. The van der Waals surface area contributed by atoms with Gasteiger partial charge in [-0.1, -0.05) is 6.42 Å². The average Bonchev–Trinajstić information content (AvgIpc) is 1.79. The molecule has 1 atom stereocenters. The van der Waals surface area contributed by atoms with Gasteiger partial charge in [-0.05, 0) is 38.5 Å². The SMILES string of the molecule is CC(NC1CC(N)C1)C1CCC1. The van der Waals surface area contributed by atoms with E-state index in [1.165, 1.54) is 32.1 Å². The summed E-state index contributed by atoms with van der Waals surface area (Å²) in [5, 5.41) is 3.67. The molecule has 70 valence electrons. The quantitative estimate of drug-likeness (QED) is 0.665. The zero-order valence-electron chi connectivity index (χ0n) is 7.92. The molecular weight excluding hydrogens is 148 g/mol. The molecule has 3 N–H and O–H groups in total. The van der Waals surface area contributed by atoms with Gasteiger partial charge in [0.25, 0.3) is 0 Å². The largest absolute Gasteiger partial charge is 0.328 e. The van der Waals surface area contributed by atoms with E-state index in [1.54, 1.807) is 0 Å². The van der Waals surface area contributed by atoms with Crippen LogP contribution in [0.5, 0.6) is 0 Å². The maximum Gasteiger partial charge on any atom is 0.00991 e. The summed E-state index contributed by atoms with van der Waals surface area (Å²) in [4.78, 5) is 0. The molecule has 0 aliphatic heterocycles. The fourth-order valence-electron chi connectivity index (χ4n) is 2.25. The van der Waals surface area contributed by atoms with E-state index >= 15 is 0 Å². The van der Waals surface area contributed by atoms with E-state index in [4.69, 9.17) is 5.73 Å². The van der Waals surface area contributed by atoms with Crippen LogP contribution in [0.2, 0.25) is 0 Å². The van der Waals surface area contributed by atoms with E-state index in [-0.39, 0.29) is 0 Å². The van der Waals surface area contributed by atoms with Gasteiger partial charge in [-0.25, -0.2) is 0 Å². The van der Waals surface area contributed by atoms with Crippen LogP contribution < -0.4 is 11.1 Å². The highest BCUT2D eigenvalue weighted by Crippen LogP contribution is 2.30. The summed E-state index contributed by atoms with van der Waals surface area (Å²) in [6.07, 6.45) is 6.70. The van der Waals surface area contributed by atoms with Crippen LogP contribution in [0.15, 0.2) is 0 Å². The Balaban J connectivity index is 1.65. The Morgan fingerprint density at radius 1 is 1.33 bits per heavy atom. The molecule has 0 amide bonds. The summed E-state index contributed by atoms with van der Waals surface area (Å²) in [5.41, 5.74) is 5.73. The van der Waals surface area contributed by atoms with Crippen LogP contribution in [0.25, 0.3) is 0 Å². The van der Waals surface area contributed by atoms with Gasteiger partial charge in [-0.2, -0.15) is 0 Å². The van der Waals surface area contributed by atoms with Crippen molar-refractivity contribution in [2.45, 2.75) is 57.2 Å². The van der Waals surface area contributed by atoms with Crippen molar-refractivity contribution in [2.24, 2.45) is 11.7 Å². The molecule has 0 bridgehead atoms. The molecular formula is C10H20N2. The first kappa shape index (κ1) is 8.52. The van der Waals surface area contributed by atoms with Crippen LogP contribution in [-0.4, -0.2) is 18.1 Å². The molecule has 2 heteroatoms. The second-order valence-corrected chi connectivity index (χ2v) is 4.57. The Kier molecular flexibility index (Phi) is 2.37. The van der Waals surface area contributed by atoms with E-state index in [1.807, 2.05) is 0 Å². The van der Waals surface area contributed by atoms with Crippen molar-refractivity contribution in [1.82, 2.24) is 5.32 Å². The number of rotatable bonds is 3. The molecule has 2 fully saturated rings. The molecule has 2 saturated carbocycles. The van der Waals surface area contributed by atoms with E-state index < -0.39 is 0 Å². The fourth-order valence-corrected chi connectivity index (χ4v) is 2.25. The van der Waals surface area contributed by atoms with E-state index in [0.717, 1.165) is 18.0 Å². The van der Waals surface area contributed by atoms with E-state index in [0.29, 0.717) is 6.04 Å². The van der Waals surface area contributed by atoms with Crippen molar-refractivity contribution < 1.29 is 0 Å². The van der Waals surface area contributed by atoms with Crippen molar-refractivity contribution in [1.29, 1.82) is 0 Å². The zero-order chi connectivity index (χ0) is 8.55. The lowest BCUT2D eigenvalue weighted by atomic mass is 9.78. The van der Waals surface area contributed by atoms with Crippen LogP contribution >= 0.6 is 0 Å². The topological polar surface area (TPSA) is 38.0 Å². The van der Waals surface area contributed by atoms with Gasteiger partial charge in [-0.3, -0.25) is 0 Å². The Bertz CT molecular complexity index is 148. The van der Waals surface area contributed by atoms with Crippen LogP contribution in [-0.2, 0) is 0 Å². The minimum atomic E-state index is 0.482. The van der Waals surface area contributed by atoms with Crippen molar-refractivity contribution in [3.63, 3.8) is 0 Å². The molecule has 2 aliphatic rings. The summed E-state index contributed by atoms with van der Waals surface area (Å²) in [5.74, 6) is 0.960.